The topological polar surface area (TPSA) is 93.8 Å². The van der Waals surface area contributed by atoms with Crippen molar-refractivity contribution in [2.75, 3.05) is 0 Å². The van der Waals surface area contributed by atoms with Crippen LogP contribution in [0.15, 0.2) is 65.8 Å². The van der Waals surface area contributed by atoms with Crippen molar-refractivity contribution in [3.05, 3.63) is 88.5 Å². The maximum Gasteiger partial charge on any atom is 0.283 e. The lowest BCUT2D eigenvalue weighted by molar-refractivity contribution is 0.629. The highest BCUT2D eigenvalue weighted by Crippen LogP contribution is 2.28. The molecule has 0 saturated heterocycles. The van der Waals surface area contributed by atoms with E-state index in [1.807, 2.05) is 43.5 Å². The van der Waals surface area contributed by atoms with Crippen molar-refractivity contribution in [1.82, 2.24) is 34.3 Å². The van der Waals surface area contributed by atoms with Crippen LogP contribution in [0.1, 0.15) is 18.2 Å². The first-order chi connectivity index (χ1) is 16.6. The molecule has 4 heterocycles. The second-order valence-corrected chi connectivity index (χ2v) is 8.15. The van der Waals surface area contributed by atoms with E-state index < -0.39 is 0 Å². The SMILES string of the molecule is CCc1nn2c(nnc3c(=O)n(CCc4c[nH]c5ccc(F)cc45)cnc32)c1-c1ccccc1. The summed E-state index contributed by atoms with van der Waals surface area (Å²) >= 11 is 0. The average molecular weight is 453 g/mol. The van der Waals surface area contributed by atoms with Crippen LogP contribution in [0.3, 0.4) is 0 Å². The standard InChI is InChI=1S/C25H20FN7O/c1-2-19-21(15-6-4-3-5-7-15)23-30-29-22-24(33(23)31-19)28-14-32(25(22)34)11-10-16-13-27-20-9-8-17(26)12-18(16)20/h3-9,12-14,27H,2,10-11H2,1H3. The molecule has 0 aliphatic heterocycles. The van der Waals surface area contributed by atoms with Gasteiger partial charge in [-0.2, -0.15) is 9.61 Å². The highest BCUT2D eigenvalue weighted by molar-refractivity contribution is 5.84. The predicted octanol–water partition coefficient (Wildman–Crippen LogP) is 3.93. The fraction of sp³-hybridized carbons (Fsp3) is 0.160. The summed E-state index contributed by atoms with van der Waals surface area (Å²) < 4.78 is 16.8. The Kier molecular flexibility index (Phi) is 4.68. The summed E-state index contributed by atoms with van der Waals surface area (Å²) in [6.07, 6.45) is 4.59. The maximum atomic E-state index is 13.7. The highest BCUT2D eigenvalue weighted by atomic mass is 19.1. The van der Waals surface area contributed by atoms with Crippen LogP contribution in [-0.4, -0.2) is 34.3 Å². The number of aryl methyl sites for hydroxylation is 3. The van der Waals surface area contributed by atoms with Crippen LogP contribution in [0.4, 0.5) is 4.39 Å². The molecular weight excluding hydrogens is 433 g/mol. The molecule has 8 nitrogen and oxygen atoms in total. The van der Waals surface area contributed by atoms with E-state index in [-0.39, 0.29) is 16.9 Å². The Bertz CT molecular complexity index is 1730. The minimum Gasteiger partial charge on any atom is -0.361 e. The van der Waals surface area contributed by atoms with Crippen molar-refractivity contribution in [2.45, 2.75) is 26.3 Å². The Morgan fingerprint density at radius 3 is 2.74 bits per heavy atom. The minimum absolute atomic E-state index is 0.157. The van der Waals surface area contributed by atoms with Crippen LogP contribution in [0, 0.1) is 5.82 Å². The summed E-state index contributed by atoms with van der Waals surface area (Å²) in [7, 11) is 0. The lowest BCUT2D eigenvalue weighted by Crippen LogP contribution is -2.23. The minimum atomic E-state index is -0.294. The third-order valence-corrected chi connectivity index (χ3v) is 6.12. The smallest absolute Gasteiger partial charge is 0.283 e. The van der Waals surface area contributed by atoms with Gasteiger partial charge in [0.25, 0.3) is 5.56 Å². The van der Waals surface area contributed by atoms with Gasteiger partial charge in [-0.25, -0.2) is 9.37 Å². The lowest BCUT2D eigenvalue weighted by Gasteiger charge is -2.06. The van der Waals surface area contributed by atoms with Gasteiger partial charge in [-0.1, -0.05) is 37.3 Å². The molecule has 0 saturated carbocycles. The van der Waals surface area contributed by atoms with E-state index in [2.05, 4.69) is 20.2 Å². The van der Waals surface area contributed by atoms with Crippen LogP contribution < -0.4 is 5.56 Å². The fourth-order valence-electron chi connectivity index (χ4n) is 4.41. The molecule has 6 rings (SSSR count). The molecule has 0 aliphatic carbocycles. The molecule has 0 spiro atoms. The lowest BCUT2D eigenvalue weighted by atomic mass is 10.0. The molecule has 0 aliphatic rings. The Morgan fingerprint density at radius 2 is 1.91 bits per heavy atom. The molecule has 0 unspecified atom stereocenters. The van der Waals surface area contributed by atoms with E-state index in [1.54, 1.807) is 10.6 Å². The molecule has 4 aromatic heterocycles. The van der Waals surface area contributed by atoms with Gasteiger partial charge in [0.05, 0.1) is 11.3 Å². The summed E-state index contributed by atoms with van der Waals surface area (Å²) in [6.45, 7) is 2.40. The summed E-state index contributed by atoms with van der Waals surface area (Å²) in [5, 5.41) is 14.1. The van der Waals surface area contributed by atoms with Crippen molar-refractivity contribution in [3.63, 3.8) is 0 Å². The zero-order valence-corrected chi connectivity index (χ0v) is 18.4. The molecule has 0 amide bonds. The van der Waals surface area contributed by atoms with Gasteiger partial charge in [-0.05, 0) is 42.2 Å². The predicted molar refractivity (Wildman–Crippen MR) is 127 cm³/mol. The Balaban J connectivity index is 1.41. The summed E-state index contributed by atoms with van der Waals surface area (Å²) in [6, 6.07) is 14.5. The van der Waals surface area contributed by atoms with Crippen LogP contribution >= 0.6 is 0 Å². The molecular formula is C25H20FN7O. The number of benzene rings is 2. The number of aromatic amines is 1. The Labute approximate surface area is 192 Å². The molecule has 34 heavy (non-hydrogen) atoms. The Morgan fingerprint density at radius 1 is 1.06 bits per heavy atom. The van der Waals surface area contributed by atoms with E-state index in [0.29, 0.717) is 30.7 Å². The summed E-state index contributed by atoms with van der Waals surface area (Å²) in [5.41, 5.74) is 5.35. The van der Waals surface area contributed by atoms with Gasteiger partial charge in [0.1, 0.15) is 12.1 Å². The largest absolute Gasteiger partial charge is 0.361 e. The van der Waals surface area contributed by atoms with Crippen LogP contribution in [0.2, 0.25) is 0 Å². The van der Waals surface area contributed by atoms with Crippen molar-refractivity contribution >= 4 is 27.7 Å². The molecule has 168 valence electrons. The van der Waals surface area contributed by atoms with Crippen molar-refractivity contribution in [2.24, 2.45) is 0 Å². The van der Waals surface area contributed by atoms with Crippen LogP contribution in [-0.2, 0) is 19.4 Å². The first kappa shape index (κ1) is 20.2. The fourth-order valence-corrected chi connectivity index (χ4v) is 4.41. The van der Waals surface area contributed by atoms with Crippen LogP contribution in [0.5, 0.6) is 0 Å². The number of H-pyrrole nitrogens is 1. The zero-order chi connectivity index (χ0) is 23.2. The van der Waals surface area contributed by atoms with E-state index in [9.17, 15) is 9.18 Å². The van der Waals surface area contributed by atoms with Gasteiger partial charge in [0, 0.05) is 23.6 Å². The molecule has 0 radical (unpaired) electrons. The van der Waals surface area contributed by atoms with Gasteiger partial charge in [0.2, 0.25) is 0 Å². The number of halogens is 1. The Hall–Kier alpha value is -4.40. The zero-order valence-electron chi connectivity index (χ0n) is 18.4. The maximum absolute atomic E-state index is 13.7. The normalized spacial score (nSPS) is 11.7. The third kappa shape index (κ3) is 3.16. The number of aromatic nitrogens is 7. The quantitative estimate of drug-likeness (QED) is 0.427. The van der Waals surface area contributed by atoms with Gasteiger partial charge >= 0.3 is 0 Å². The van der Waals surface area contributed by atoms with E-state index in [1.165, 1.54) is 23.0 Å². The molecule has 2 aromatic carbocycles. The number of nitrogens with zero attached hydrogens (tertiary/aromatic N) is 6. The molecule has 1 N–H and O–H groups in total. The number of nitrogens with one attached hydrogen (secondary N) is 1. The number of hydrogen-bond donors (Lipinski definition) is 1. The van der Waals surface area contributed by atoms with Gasteiger partial charge in [0.15, 0.2) is 16.8 Å². The van der Waals surface area contributed by atoms with E-state index in [0.717, 1.165) is 33.3 Å². The number of hydrogen-bond acceptors (Lipinski definition) is 5. The van der Waals surface area contributed by atoms with Crippen molar-refractivity contribution in [3.8, 4) is 11.1 Å². The van der Waals surface area contributed by atoms with Crippen LogP contribution in [0.25, 0.3) is 38.8 Å². The summed E-state index contributed by atoms with van der Waals surface area (Å²) in [4.78, 5) is 20.9. The monoisotopic (exact) mass is 453 g/mol. The van der Waals surface area contributed by atoms with E-state index in [4.69, 9.17) is 5.10 Å². The van der Waals surface area contributed by atoms with E-state index >= 15 is 0 Å². The second-order valence-electron chi connectivity index (χ2n) is 8.15. The van der Waals surface area contributed by atoms with Gasteiger partial charge in [-0.15, -0.1) is 10.2 Å². The van der Waals surface area contributed by atoms with Crippen molar-refractivity contribution < 1.29 is 4.39 Å². The number of fused-ring (bicyclic) bond motifs is 4. The van der Waals surface area contributed by atoms with Gasteiger partial charge < -0.3 is 4.98 Å². The van der Waals surface area contributed by atoms with Crippen molar-refractivity contribution in [1.29, 1.82) is 0 Å². The first-order valence-corrected chi connectivity index (χ1v) is 11.1. The third-order valence-electron chi connectivity index (χ3n) is 6.12. The molecule has 0 fully saturated rings. The molecule has 6 aromatic rings. The molecule has 0 atom stereocenters. The number of rotatable bonds is 5. The first-order valence-electron chi connectivity index (χ1n) is 11.1. The second kappa shape index (κ2) is 7.87. The van der Waals surface area contributed by atoms with Gasteiger partial charge in [-0.3, -0.25) is 9.36 Å². The highest BCUT2D eigenvalue weighted by Gasteiger charge is 2.19. The average Bonchev–Trinajstić information content (AvgIpc) is 3.45. The molecule has 0 bridgehead atoms. The molecule has 9 heteroatoms. The summed E-state index contributed by atoms with van der Waals surface area (Å²) in [5.74, 6) is -0.294.